The maximum absolute atomic E-state index is 12.7. The van der Waals surface area contributed by atoms with Crippen molar-refractivity contribution >= 4 is 11.9 Å². The molecule has 11 atom stereocenters. The Bertz CT molecular complexity index is 882. The number of aliphatic carboxylic acids is 1. The molecule has 5 aliphatic rings. The number of fused-ring (bicyclic) bond motifs is 4. The number of aliphatic hydroxyl groups is 2. The van der Waals surface area contributed by atoms with E-state index in [-0.39, 0.29) is 28.9 Å². The maximum Gasteiger partial charge on any atom is 0.326 e. The van der Waals surface area contributed by atoms with E-state index in [1.165, 1.54) is 32.1 Å². The molecule has 0 heterocycles. The molecule has 5 aliphatic carbocycles. The van der Waals surface area contributed by atoms with Crippen LogP contribution in [0.25, 0.3) is 0 Å². The number of carbonyl (C=O) groups is 2. The Hall–Kier alpha value is -1.18. The second kappa shape index (κ2) is 10.1. The van der Waals surface area contributed by atoms with E-state index >= 15 is 0 Å². The number of nitrogens with two attached hydrogens (primary N) is 1. The number of carboxylic acid groups (broad SMARTS) is 1. The summed E-state index contributed by atoms with van der Waals surface area (Å²) < 4.78 is 0. The predicted molar refractivity (Wildman–Crippen MR) is 141 cm³/mol. The number of hydrogen-bond acceptors (Lipinski definition) is 5. The summed E-state index contributed by atoms with van der Waals surface area (Å²) in [5.41, 5.74) is 6.39. The van der Waals surface area contributed by atoms with E-state index in [1.54, 1.807) is 0 Å². The van der Waals surface area contributed by atoms with E-state index in [2.05, 4.69) is 19.2 Å². The topological polar surface area (TPSA) is 133 Å². The average molecular weight is 519 g/mol. The molecule has 7 nitrogen and oxygen atoms in total. The highest BCUT2D eigenvalue weighted by molar-refractivity contribution is 5.83. The fraction of sp³-hybridized carbons (Fsp3) is 0.933. The quantitative estimate of drug-likeness (QED) is 0.279. The van der Waals surface area contributed by atoms with Crippen LogP contribution in [0, 0.1) is 45.8 Å². The molecule has 0 aliphatic heterocycles. The molecule has 37 heavy (non-hydrogen) atoms. The minimum atomic E-state index is -0.969. The van der Waals surface area contributed by atoms with Crippen LogP contribution < -0.4 is 11.1 Å². The largest absolute Gasteiger partial charge is 0.480 e. The van der Waals surface area contributed by atoms with Gasteiger partial charge in [-0.25, -0.2) is 4.79 Å². The van der Waals surface area contributed by atoms with E-state index in [9.17, 15) is 24.9 Å². The molecule has 1 spiro atoms. The van der Waals surface area contributed by atoms with Crippen LogP contribution in [0.1, 0.15) is 104 Å². The van der Waals surface area contributed by atoms with Gasteiger partial charge in [-0.05, 0) is 136 Å². The number of carbonyl (C=O) groups excluding carboxylic acids is 1. The number of carboxylic acids is 1. The lowest BCUT2D eigenvalue weighted by Crippen LogP contribution is -2.57. The van der Waals surface area contributed by atoms with E-state index in [4.69, 9.17) is 5.73 Å². The first-order valence-corrected chi connectivity index (χ1v) is 15.2. The van der Waals surface area contributed by atoms with Gasteiger partial charge in [0, 0.05) is 6.42 Å². The Morgan fingerprint density at radius 2 is 1.78 bits per heavy atom. The van der Waals surface area contributed by atoms with Crippen molar-refractivity contribution in [2.24, 2.45) is 51.6 Å². The molecule has 5 saturated carbocycles. The fourth-order valence-electron chi connectivity index (χ4n) is 10.6. The third kappa shape index (κ3) is 4.45. The first-order chi connectivity index (χ1) is 17.6. The summed E-state index contributed by atoms with van der Waals surface area (Å²) in [4.78, 5) is 24.3. The summed E-state index contributed by atoms with van der Waals surface area (Å²) in [5, 5.41) is 34.0. The van der Waals surface area contributed by atoms with Crippen molar-refractivity contribution < 1.29 is 24.9 Å². The molecule has 1 amide bonds. The van der Waals surface area contributed by atoms with Crippen LogP contribution in [-0.2, 0) is 9.59 Å². The van der Waals surface area contributed by atoms with Crippen molar-refractivity contribution in [1.29, 1.82) is 0 Å². The van der Waals surface area contributed by atoms with E-state index in [0.29, 0.717) is 60.8 Å². The van der Waals surface area contributed by atoms with Crippen LogP contribution in [0.2, 0.25) is 0 Å². The summed E-state index contributed by atoms with van der Waals surface area (Å²) in [6, 6.07) is -0.829. The molecule has 0 aromatic carbocycles. The lowest BCUT2D eigenvalue weighted by atomic mass is 9.45. The Balaban J connectivity index is 1.21. The molecular weight excluding hydrogens is 468 g/mol. The molecule has 0 saturated heterocycles. The highest BCUT2D eigenvalue weighted by atomic mass is 16.4. The molecular formula is C30H50N2O5. The minimum Gasteiger partial charge on any atom is -0.480 e. The maximum atomic E-state index is 12.7. The van der Waals surface area contributed by atoms with Crippen LogP contribution in [0.15, 0.2) is 0 Å². The molecule has 0 aromatic rings. The first-order valence-electron chi connectivity index (χ1n) is 15.2. The van der Waals surface area contributed by atoms with Crippen LogP contribution in [0.3, 0.4) is 0 Å². The summed E-state index contributed by atoms with van der Waals surface area (Å²) in [7, 11) is 0. The normalized spacial score (nSPS) is 45.5. The van der Waals surface area contributed by atoms with Crippen molar-refractivity contribution in [3.05, 3.63) is 0 Å². The monoisotopic (exact) mass is 518 g/mol. The van der Waals surface area contributed by atoms with Gasteiger partial charge in [-0.15, -0.1) is 0 Å². The van der Waals surface area contributed by atoms with Gasteiger partial charge in [-0.1, -0.05) is 13.8 Å². The van der Waals surface area contributed by atoms with E-state index in [1.807, 2.05) is 0 Å². The zero-order chi connectivity index (χ0) is 26.6. The molecule has 210 valence electrons. The van der Waals surface area contributed by atoms with Crippen LogP contribution in [0.5, 0.6) is 0 Å². The second-order valence-electron chi connectivity index (χ2n) is 14.0. The fourth-order valence-corrected chi connectivity index (χ4v) is 10.6. The van der Waals surface area contributed by atoms with Gasteiger partial charge in [-0.3, -0.25) is 4.79 Å². The van der Waals surface area contributed by atoms with Gasteiger partial charge in [0.2, 0.25) is 5.91 Å². The van der Waals surface area contributed by atoms with Gasteiger partial charge < -0.3 is 26.4 Å². The Labute approximate surface area is 222 Å². The highest BCUT2D eigenvalue weighted by Gasteiger charge is 2.78. The highest BCUT2D eigenvalue weighted by Crippen LogP contribution is 2.85. The molecule has 7 heteroatoms. The molecule has 0 bridgehead atoms. The van der Waals surface area contributed by atoms with Gasteiger partial charge in [0.05, 0.1) is 12.2 Å². The van der Waals surface area contributed by atoms with Gasteiger partial charge >= 0.3 is 5.97 Å². The summed E-state index contributed by atoms with van der Waals surface area (Å²) >= 11 is 0. The van der Waals surface area contributed by atoms with E-state index < -0.39 is 12.0 Å². The Morgan fingerprint density at radius 3 is 2.51 bits per heavy atom. The summed E-state index contributed by atoms with van der Waals surface area (Å²) in [6.45, 7) is 5.30. The summed E-state index contributed by atoms with van der Waals surface area (Å²) in [6.07, 6.45) is 12.4. The van der Waals surface area contributed by atoms with Gasteiger partial charge in [0.15, 0.2) is 0 Å². The van der Waals surface area contributed by atoms with Gasteiger partial charge in [0.1, 0.15) is 6.04 Å². The molecule has 5 rings (SSSR count). The van der Waals surface area contributed by atoms with Crippen molar-refractivity contribution in [1.82, 2.24) is 5.32 Å². The van der Waals surface area contributed by atoms with Crippen molar-refractivity contribution in [2.75, 3.05) is 6.54 Å². The molecule has 0 radical (unpaired) electrons. The lowest BCUT2D eigenvalue weighted by molar-refractivity contribution is -0.162. The second-order valence-corrected chi connectivity index (χ2v) is 14.0. The third-order valence-electron chi connectivity index (χ3n) is 12.6. The van der Waals surface area contributed by atoms with Crippen molar-refractivity contribution in [2.45, 2.75) is 122 Å². The number of aliphatic hydroxyl groups excluding tert-OH is 2. The zero-order valence-corrected chi connectivity index (χ0v) is 23.0. The lowest BCUT2D eigenvalue weighted by Gasteiger charge is -2.60. The molecule has 5 fully saturated rings. The Morgan fingerprint density at radius 1 is 1.03 bits per heavy atom. The predicted octanol–water partition coefficient (Wildman–Crippen LogP) is 3.85. The number of nitrogens with one attached hydrogen (secondary N) is 1. The summed E-state index contributed by atoms with van der Waals surface area (Å²) in [5.74, 6) is 1.27. The number of rotatable bonds is 10. The van der Waals surface area contributed by atoms with Crippen molar-refractivity contribution in [3.63, 3.8) is 0 Å². The number of unbranched alkanes of at least 4 members (excludes halogenated alkanes) is 1. The average Bonchev–Trinajstić information content (AvgIpc) is 3.39. The van der Waals surface area contributed by atoms with Gasteiger partial charge in [0.25, 0.3) is 0 Å². The number of amides is 1. The van der Waals surface area contributed by atoms with Crippen LogP contribution >= 0.6 is 0 Å². The first kappa shape index (κ1) is 27.4. The number of hydrogen-bond donors (Lipinski definition) is 5. The van der Waals surface area contributed by atoms with Crippen LogP contribution in [0.4, 0.5) is 0 Å². The molecule has 3 unspecified atom stereocenters. The smallest absolute Gasteiger partial charge is 0.326 e. The standard InChI is InChI=1S/C30H50N2O5/c1-18(6-7-25(35)32-23(27(36)37)5-3-4-14-31)29-12-10-22-26-21(9-13-30(22,29)17-29)28(2)11-8-20(33)15-19(28)16-24(26)34/h18-24,26,33-34H,3-17,31H2,1-2H3,(H,32,35)(H,36,37)/t18-,19+,20-,21+,22+,23?,24-,26-,28?,29-,30?/m1/s1. The molecule has 6 N–H and O–H groups in total. The van der Waals surface area contributed by atoms with Crippen molar-refractivity contribution in [3.8, 4) is 0 Å². The third-order valence-corrected chi connectivity index (χ3v) is 12.6. The van der Waals surface area contributed by atoms with E-state index in [0.717, 1.165) is 38.5 Å². The minimum absolute atomic E-state index is 0.155. The van der Waals surface area contributed by atoms with Gasteiger partial charge in [-0.2, -0.15) is 0 Å². The SMILES string of the molecule is C[C@H](CCC(=O)NC(CCCCN)C(=O)O)[C@]12CC[C@H]3[C@@H]4[C@H](O)C[C@@H]5C[C@H](O)CCC5(C)[C@H]4CCC31C2. The molecule has 0 aromatic heterocycles. The van der Waals surface area contributed by atoms with Crippen LogP contribution in [-0.4, -0.2) is 52.0 Å². The zero-order valence-electron chi connectivity index (χ0n) is 23.0. The Kier molecular flexibility index (Phi) is 7.47.